The van der Waals surface area contributed by atoms with Gasteiger partial charge in [0.1, 0.15) is 0 Å². The van der Waals surface area contributed by atoms with Crippen LogP contribution in [0.15, 0.2) is 34.1 Å². The summed E-state index contributed by atoms with van der Waals surface area (Å²) in [6.45, 7) is 4.97. The van der Waals surface area contributed by atoms with Gasteiger partial charge in [-0.3, -0.25) is 0 Å². The number of hydrogen-bond donors (Lipinski definition) is 2. The molecule has 0 amide bonds. The van der Waals surface area contributed by atoms with Crippen molar-refractivity contribution >= 4 is 20.0 Å². The van der Waals surface area contributed by atoms with E-state index in [1.807, 2.05) is 0 Å². The number of hydrogen-bond acceptors (Lipinski definition) is 5. The Morgan fingerprint density at radius 2 is 1.27 bits per heavy atom. The van der Waals surface area contributed by atoms with Gasteiger partial charge in [-0.15, -0.1) is 0 Å². The van der Waals surface area contributed by atoms with Crippen molar-refractivity contribution < 1.29 is 16.8 Å². The summed E-state index contributed by atoms with van der Waals surface area (Å²) in [5, 5.41) is 0. The molecule has 1 aromatic carbocycles. The molecule has 146 valence electrons. The zero-order chi connectivity index (χ0) is 18.8. The minimum absolute atomic E-state index is 0.0173. The lowest BCUT2D eigenvalue weighted by Crippen LogP contribution is -2.44. The third-order valence-corrected chi connectivity index (χ3v) is 7.87. The topological polar surface area (TPSA) is 95.6 Å². The molecule has 1 aliphatic carbocycles. The molecule has 0 aromatic heterocycles. The van der Waals surface area contributed by atoms with Crippen LogP contribution in [0, 0.1) is 0 Å². The molecule has 2 aliphatic rings. The predicted octanol–water partition coefficient (Wildman–Crippen LogP) is 1.28. The van der Waals surface area contributed by atoms with Crippen LogP contribution < -0.4 is 9.44 Å². The molecule has 1 saturated heterocycles. The molecule has 0 bridgehead atoms. The molecule has 0 atom stereocenters. The monoisotopic (exact) mass is 401 g/mol. The lowest BCUT2D eigenvalue weighted by molar-refractivity contribution is 0.208. The molecule has 3 rings (SSSR count). The first-order valence-electron chi connectivity index (χ1n) is 9.17. The summed E-state index contributed by atoms with van der Waals surface area (Å²) in [7, 11) is -7.22. The van der Waals surface area contributed by atoms with Crippen LogP contribution in [0.2, 0.25) is 0 Å². The second kappa shape index (κ2) is 7.93. The van der Waals surface area contributed by atoms with Gasteiger partial charge in [0, 0.05) is 12.1 Å². The molecule has 2 N–H and O–H groups in total. The standard InChI is InChI=1S/C17H27N3O4S2/c1-2-11-20-12-9-15(10-13-20)19-26(23,24)17-7-5-16(6-8-17)25(21,22)18-14-3-4-14/h5-8,14-15,18-19H,2-4,9-13H2,1H3. The maximum Gasteiger partial charge on any atom is 0.240 e. The van der Waals surface area contributed by atoms with Gasteiger partial charge in [-0.25, -0.2) is 26.3 Å². The highest BCUT2D eigenvalue weighted by molar-refractivity contribution is 7.90. The Hall–Kier alpha value is -1.00. The molecule has 1 aromatic rings. The van der Waals surface area contributed by atoms with Crippen molar-refractivity contribution in [3.8, 4) is 0 Å². The molecule has 0 radical (unpaired) electrons. The summed E-state index contributed by atoms with van der Waals surface area (Å²) >= 11 is 0. The van der Waals surface area contributed by atoms with Crippen molar-refractivity contribution in [1.82, 2.24) is 14.3 Å². The van der Waals surface area contributed by atoms with Crippen molar-refractivity contribution in [2.45, 2.75) is 60.9 Å². The van der Waals surface area contributed by atoms with Gasteiger partial charge in [0.2, 0.25) is 20.0 Å². The van der Waals surface area contributed by atoms with Crippen LogP contribution in [-0.4, -0.2) is 53.5 Å². The van der Waals surface area contributed by atoms with Gasteiger partial charge in [0.15, 0.2) is 0 Å². The largest absolute Gasteiger partial charge is 0.303 e. The normalized spacial score (nSPS) is 20.3. The second-order valence-corrected chi connectivity index (χ2v) is 10.5. The van der Waals surface area contributed by atoms with Crippen LogP contribution >= 0.6 is 0 Å². The number of likely N-dealkylation sites (tertiary alicyclic amines) is 1. The van der Waals surface area contributed by atoms with Crippen LogP contribution in [0.25, 0.3) is 0 Å². The quantitative estimate of drug-likeness (QED) is 0.684. The van der Waals surface area contributed by atoms with Crippen LogP contribution in [-0.2, 0) is 20.0 Å². The third kappa shape index (κ3) is 5.04. The molecule has 7 nitrogen and oxygen atoms in total. The molecule has 0 spiro atoms. The van der Waals surface area contributed by atoms with E-state index in [1.54, 1.807) is 0 Å². The van der Waals surface area contributed by atoms with Gasteiger partial charge in [-0.1, -0.05) is 6.92 Å². The second-order valence-electron chi connectivity index (χ2n) is 7.10. The van der Waals surface area contributed by atoms with Crippen molar-refractivity contribution in [3.05, 3.63) is 24.3 Å². The van der Waals surface area contributed by atoms with Gasteiger partial charge in [-0.2, -0.15) is 0 Å². The number of nitrogens with one attached hydrogen (secondary N) is 2. The SMILES string of the molecule is CCCN1CCC(NS(=O)(=O)c2ccc(S(=O)(=O)NC3CC3)cc2)CC1. The minimum atomic E-state index is -3.65. The first-order chi connectivity index (χ1) is 12.3. The van der Waals surface area contributed by atoms with E-state index in [0.29, 0.717) is 0 Å². The molecule has 1 heterocycles. The summed E-state index contributed by atoms with van der Waals surface area (Å²) in [5.41, 5.74) is 0. The van der Waals surface area contributed by atoms with E-state index in [4.69, 9.17) is 0 Å². The highest BCUT2D eigenvalue weighted by Gasteiger charge is 2.29. The first kappa shape index (κ1) is 19.8. The molecule has 26 heavy (non-hydrogen) atoms. The van der Waals surface area contributed by atoms with Crippen LogP contribution in [0.4, 0.5) is 0 Å². The average Bonchev–Trinajstić information content (AvgIpc) is 3.40. The molecule has 9 heteroatoms. The van der Waals surface area contributed by atoms with E-state index in [9.17, 15) is 16.8 Å². The summed E-state index contributed by atoms with van der Waals surface area (Å²) in [4.78, 5) is 2.53. The van der Waals surface area contributed by atoms with Gasteiger partial charge in [-0.05, 0) is 76.0 Å². The summed E-state index contributed by atoms with van der Waals surface area (Å²) < 4.78 is 54.8. The number of sulfonamides is 2. The number of rotatable bonds is 8. The maximum atomic E-state index is 12.6. The van der Waals surface area contributed by atoms with Gasteiger partial charge in [0.05, 0.1) is 9.79 Å². The van der Waals surface area contributed by atoms with E-state index >= 15 is 0 Å². The number of nitrogens with zero attached hydrogens (tertiary/aromatic N) is 1. The Labute approximate surface area is 156 Å². The lowest BCUT2D eigenvalue weighted by atomic mass is 10.1. The summed E-state index contributed by atoms with van der Waals surface area (Å²) in [6, 6.07) is 5.36. The molecule has 1 aliphatic heterocycles. The van der Waals surface area contributed by atoms with Crippen LogP contribution in [0.3, 0.4) is 0 Å². The molecule has 2 fully saturated rings. The van der Waals surface area contributed by atoms with E-state index < -0.39 is 20.0 Å². The fraction of sp³-hybridized carbons (Fsp3) is 0.647. The van der Waals surface area contributed by atoms with Crippen molar-refractivity contribution in [2.24, 2.45) is 0 Å². The van der Waals surface area contributed by atoms with Crippen LogP contribution in [0.5, 0.6) is 0 Å². The van der Waals surface area contributed by atoms with Crippen molar-refractivity contribution in [3.63, 3.8) is 0 Å². The predicted molar refractivity (Wildman–Crippen MR) is 99.9 cm³/mol. The Morgan fingerprint density at radius 1 is 0.846 bits per heavy atom. The van der Waals surface area contributed by atoms with Gasteiger partial charge in [0.25, 0.3) is 0 Å². The van der Waals surface area contributed by atoms with Crippen molar-refractivity contribution in [2.75, 3.05) is 19.6 Å². The van der Waals surface area contributed by atoms with E-state index in [0.717, 1.165) is 51.7 Å². The lowest BCUT2D eigenvalue weighted by Gasteiger charge is -2.31. The van der Waals surface area contributed by atoms with Gasteiger partial charge >= 0.3 is 0 Å². The van der Waals surface area contributed by atoms with Crippen molar-refractivity contribution in [1.29, 1.82) is 0 Å². The molecular weight excluding hydrogens is 374 g/mol. The summed E-state index contributed by atoms with van der Waals surface area (Å²) in [5.74, 6) is 0. The molecule has 1 saturated carbocycles. The van der Waals surface area contributed by atoms with E-state index in [2.05, 4.69) is 21.3 Å². The average molecular weight is 402 g/mol. The fourth-order valence-corrected chi connectivity index (χ4v) is 5.77. The zero-order valence-electron chi connectivity index (χ0n) is 15.0. The molecule has 0 unspecified atom stereocenters. The van der Waals surface area contributed by atoms with E-state index in [-0.39, 0.29) is 21.9 Å². The Balaban J connectivity index is 1.62. The Morgan fingerprint density at radius 3 is 1.65 bits per heavy atom. The summed E-state index contributed by atoms with van der Waals surface area (Å²) in [6.07, 6.45) is 4.38. The smallest absolute Gasteiger partial charge is 0.240 e. The maximum absolute atomic E-state index is 12.6. The zero-order valence-corrected chi connectivity index (χ0v) is 16.7. The third-order valence-electron chi connectivity index (χ3n) is 4.79. The first-order valence-corrected chi connectivity index (χ1v) is 12.1. The van der Waals surface area contributed by atoms with E-state index in [1.165, 1.54) is 24.3 Å². The van der Waals surface area contributed by atoms with Gasteiger partial charge < -0.3 is 4.90 Å². The fourth-order valence-electron chi connectivity index (χ4n) is 3.16. The highest BCUT2D eigenvalue weighted by Crippen LogP contribution is 2.23. The Bertz CT molecular complexity index is 810. The number of piperidine rings is 1. The van der Waals surface area contributed by atoms with Crippen LogP contribution in [0.1, 0.15) is 39.0 Å². The molecular formula is C17H27N3O4S2. The highest BCUT2D eigenvalue weighted by atomic mass is 32.2. The number of benzene rings is 1. The Kier molecular flexibility index (Phi) is 6.03. The minimum Gasteiger partial charge on any atom is -0.303 e.